The highest BCUT2D eigenvalue weighted by Crippen LogP contribution is 2.64. The SMILES string of the molecule is C=C[C@]1(O)CC[C@H]2[C@@H]3CCc4c(ccc(O)c4F)[C@H]3CC[C@@]21C. The van der Waals surface area contributed by atoms with E-state index in [1.807, 2.05) is 6.07 Å². The molecule has 1 aromatic rings. The van der Waals surface area contributed by atoms with Gasteiger partial charge in [-0.3, -0.25) is 0 Å². The number of phenolic OH excluding ortho intramolecular Hbond substituents is 1. The lowest BCUT2D eigenvalue weighted by molar-refractivity contribution is -0.0708. The Bertz CT molecular complexity index is 670. The maximum Gasteiger partial charge on any atom is 0.168 e. The average Bonchev–Trinajstić information content (AvgIpc) is 2.83. The predicted molar refractivity (Wildman–Crippen MR) is 87.8 cm³/mol. The quantitative estimate of drug-likeness (QED) is 0.758. The molecule has 0 unspecified atom stereocenters. The monoisotopic (exact) mass is 316 g/mol. The van der Waals surface area contributed by atoms with E-state index in [1.54, 1.807) is 6.08 Å². The fraction of sp³-hybridized carbons (Fsp3) is 0.600. The molecule has 0 bridgehead atoms. The summed E-state index contributed by atoms with van der Waals surface area (Å²) in [6, 6.07) is 3.42. The molecule has 3 heteroatoms. The van der Waals surface area contributed by atoms with Gasteiger partial charge in [0.1, 0.15) is 0 Å². The van der Waals surface area contributed by atoms with E-state index in [0.29, 0.717) is 29.7 Å². The number of phenols is 1. The van der Waals surface area contributed by atoms with E-state index in [4.69, 9.17) is 0 Å². The maximum absolute atomic E-state index is 14.3. The lowest BCUT2D eigenvalue weighted by Gasteiger charge is -2.52. The summed E-state index contributed by atoms with van der Waals surface area (Å²) < 4.78 is 14.3. The first-order chi connectivity index (χ1) is 10.9. The van der Waals surface area contributed by atoms with Crippen molar-refractivity contribution in [1.82, 2.24) is 0 Å². The highest BCUT2D eigenvalue weighted by Gasteiger charge is 2.60. The first-order valence-electron chi connectivity index (χ1n) is 8.77. The maximum atomic E-state index is 14.3. The minimum atomic E-state index is -0.761. The van der Waals surface area contributed by atoms with Crippen LogP contribution in [-0.2, 0) is 6.42 Å². The smallest absolute Gasteiger partial charge is 0.168 e. The summed E-state index contributed by atoms with van der Waals surface area (Å²) in [4.78, 5) is 0. The van der Waals surface area contributed by atoms with Crippen LogP contribution < -0.4 is 0 Å². The summed E-state index contributed by atoms with van der Waals surface area (Å²) in [6.07, 6.45) is 7.13. The van der Waals surface area contributed by atoms with Crippen LogP contribution in [0.25, 0.3) is 0 Å². The molecule has 5 atom stereocenters. The van der Waals surface area contributed by atoms with E-state index < -0.39 is 11.4 Å². The number of aromatic hydroxyl groups is 1. The second kappa shape index (κ2) is 4.83. The molecule has 0 amide bonds. The van der Waals surface area contributed by atoms with Gasteiger partial charge in [-0.15, -0.1) is 6.58 Å². The Balaban J connectivity index is 1.74. The van der Waals surface area contributed by atoms with Crippen LogP contribution >= 0.6 is 0 Å². The Labute approximate surface area is 137 Å². The molecule has 2 nitrogen and oxygen atoms in total. The van der Waals surface area contributed by atoms with Gasteiger partial charge in [0.15, 0.2) is 11.6 Å². The molecule has 23 heavy (non-hydrogen) atoms. The van der Waals surface area contributed by atoms with Crippen molar-refractivity contribution in [3.63, 3.8) is 0 Å². The molecule has 4 rings (SSSR count). The standard InChI is InChI=1S/C20H25FO2/c1-3-20(23)11-9-16-14-4-5-15-12(6-7-17(22)18(15)21)13(14)8-10-19(16,20)2/h3,6-7,13-14,16,22-23H,1,4-5,8-11H2,2H3/t13-,14-,16+,19+,20+/m1/s1. The molecule has 0 spiro atoms. The van der Waals surface area contributed by atoms with Crippen LogP contribution in [0.4, 0.5) is 4.39 Å². The van der Waals surface area contributed by atoms with Crippen molar-refractivity contribution in [2.45, 2.75) is 57.0 Å². The highest BCUT2D eigenvalue weighted by atomic mass is 19.1. The van der Waals surface area contributed by atoms with E-state index in [9.17, 15) is 14.6 Å². The first-order valence-corrected chi connectivity index (χ1v) is 8.77. The number of halogens is 1. The average molecular weight is 316 g/mol. The Morgan fingerprint density at radius 1 is 1.26 bits per heavy atom. The van der Waals surface area contributed by atoms with Crippen molar-refractivity contribution in [2.24, 2.45) is 17.3 Å². The second-order valence-corrected chi connectivity index (χ2v) is 8.01. The van der Waals surface area contributed by atoms with Crippen LogP contribution in [0.3, 0.4) is 0 Å². The topological polar surface area (TPSA) is 40.5 Å². The van der Waals surface area contributed by atoms with Gasteiger partial charge in [-0.05, 0) is 73.5 Å². The third-order valence-corrected chi connectivity index (χ3v) is 7.38. The van der Waals surface area contributed by atoms with Crippen LogP contribution in [0.5, 0.6) is 5.75 Å². The number of aliphatic hydroxyl groups is 1. The Morgan fingerprint density at radius 3 is 2.78 bits per heavy atom. The molecule has 0 aliphatic heterocycles. The van der Waals surface area contributed by atoms with Gasteiger partial charge in [0.05, 0.1) is 5.60 Å². The van der Waals surface area contributed by atoms with Crippen molar-refractivity contribution in [3.05, 3.63) is 41.7 Å². The molecule has 1 aromatic carbocycles. The number of benzene rings is 1. The van der Waals surface area contributed by atoms with E-state index in [-0.39, 0.29) is 11.2 Å². The Hall–Kier alpha value is -1.35. The van der Waals surface area contributed by atoms with Gasteiger partial charge in [0, 0.05) is 5.41 Å². The van der Waals surface area contributed by atoms with Crippen LogP contribution in [0.2, 0.25) is 0 Å². The molecule has 0 saturated heterocycles. The fourth-order valence-electron chi connectivity index (χ4n) is 6.00. The first kappa shape index (κ1) is 15.2. The van der Waals surface area contributed by atoms with Gasteiger partial charge in [0.2, 0.25) is 0 Å². The van der Waals surface area contributed by atoms with Crippen molar-refractivity contribution in [3.8, 4) is 5.75 Å². The fourth-order valence-corrected chi connectivity index (χ4v) is 6.00. The molecular weight excluding hydrogens is 291 g/mol. The summed E-state index contributed by atoms with van der Waals surface area (Å²) >= 11 is 0. The van der Waals surface area contributed by atoms with E-state index in [2.05, 4.69) is 13.5 Å². The molecule has 0 aromatic heterocycles. The second-order valence-electron chi connectivity index (χ2n) is 8.01. The van der Waals surface area contributed by atoms with E-state index in [1.165, 1.54) is 6.07 Å². The van der Waals surface area contributed by atoms with Gasteiger partial charge < -0.3 is 10.2 Å². The number of fused-ring (bicyclic) bond motifs is 5. The van der Waals surface area contributed by atoms with Crippen molar-refractivity contribution in [1.29, 1.82) is 0 Å². The zero-order valence-corrected chi connectivity index (χ0v) is 13.7. The lowest BCUT2D eigenvalue weighted by Crippen LogP contribution is -2.49. The molecule has 0 heterocycles. The molecule has 3 aliphatic carbocycles. The molecule has 0 radical (unpaired) electrons. The van der Waals surface area contributed by atoms with Crippen molar-refractivity contribution >= 4 is 0 Å². The summed E-state index contributed by atoms with van der Waals surface area (Å²) in [5.41, 5.74) is 0.936. The van der Waals surface area contributed by atoms with Gasteiger partial charge in [0.25, 0.3) is 0 Å². The molecule has 2 fully saturated rings. The van der Waals surface area contributed by atoms with Crippen LogP contribution in [0.1, 0.15) is 56.1 Å². The normalized spacial score (nSPS) is 41.8. The number of hydrogen-bond donors (Lipinski definition) is 2. The third-order valence-electron chi connectivity index (χ3n) is 7.38. The van der Waals surface area contributed by atoms with Crippen molar-refractivity contribution in [2.75, 3.05) is 0 Å². The lowest BCUT2D eigenvalue weighted by atomic mass is 9.53. The molecule has 2 N–H and O–H groups in total. The summed E-state index contributed by atoms with van der Waals surface area (Å²) in [5, 5.41) is 20.7. The zero-order chi connectivity index (χ0) is 16.4. The number of hydrogen-bond acceptors (Lipinski definition) is 2. The van der Waals surface area contributed by atoms with Gasteiger partial charge >= 0.3 is 0 Å². The third kappa shape index (κ3) is 1.83. The van der Waals surface area contributed by atoms with E-state index >= 15 is 0 Å². The minimum Gasteiger partial charge on any atom is -0.505 e. The van der Waals surface area contributed by atoms with Gasteiger partial charge in [-0.1, -0.05) is 19.1 Å². The molecule has 3 aliphatic rings. The van der Waals surface area contributed by atoms with Crippen LogP contribution in [0, 0.1) is 23.1 Å². The van der Waals surface area contributed by atoms with Gasteiger partial charge in [-0.2, -0.15) is 0 Å². The summed E-state index contributed by atoms with van der Waals surface area (Å²) in [6.45, 7) is 6.10. The number of rotatable bonds is 1. The zero-order valence-electron chi connectivity index (χ0n) is 13.7. The van der Waals surface area contributed by atoms with Crippen molar-refractivity contribution < 1.29 is 14.6 Å². The summed E-state index contributed by atoms with van der Waals surface area (Å²) in [7, 11) is 0. The van der Waals surface area contributed by atoms with Gasteiger partial charge in [-0.25, -0.2) is 4.39 Å². The van der Waals surface area contributed by atoms with Crippen LogP contribution in [0.15, 0.2) is 24.8 Å². The van der Waals surface area contributed by atoms with Crippen LogP contribution in [-0.4, -0.2) is 15.8 Å². The minimum absolute atomic E-state index is 0.108. The molecule has 2 saturated carbocycles. The summed E-state index contributed by atoms with van der Waals surface area (Å²) in [5.74, 6) is 0.667. The largest absolute Gasteiger partial charge is 0.505 e. The Kier molecular flexibility index (Phi) is 3.19. The predicted octanol–water partition coefficient (Wildman–Crippen LogP) is 4.30. The van der Waals surface area contributed by atoms with E-state index in [0.717, 1.165) is 37.7 Å². The molecule has 124 valence electrons. The Morgan fingerprint density at radius 2 is 2.04 bits per heavy atom. The molecular formula is C20H25FO2. The highest BCUT2D eigenvalue weighted by molar-refractivity contribution is 5.42.